The topological polar surface area (TPSA) is 15.8 Å². The summed E-state index contributed by atoms with van der Waals surface area (Å²) in [7, 11) is 0. The van der Waals surface area contributed by atoms with Crippen LogP contribution in [0.2, 0.25) is 0 Å². The highest BCUT2D eigenvalue weighted by atomic mass is 32.1. The average Bonchev–Trinajstić information content (AvgIpc) is 2.48. The average molecular weight is 277 g/mol. The number of nitrogens with one attached hydrogen (secondary N) is 1. The Morgan fingerprint density at radius 3 is 2.15 bits per heavy atom. The van der Waals surface area contributed by atoms with E-state index in [1.54, 1.807) is 0 Å². The number of aromatic amines is 1. The molecule has 0 unspecified atom stereocenters. The molecule has 1 nitrogen and oxygen atoms in total. The van der Waals surface area contributed by atoms with E-state index >= 15 is 0 Å². The van der Waals surface area contributed by atoms with Crippen LogP contribution in [-0.4, -0.2) is 4.98 Å². The van der Waals surface area contributed by atoms with Gasteiger partial charge in [0, 0.05) is 5.69 Å². The Morgan fingerprint density at radius 1 is 0.750 bits per heavy atom. The molecule has 20 heavy (non-hydrogen) atoms. The molecule has 0 spiro atoms. The molecule has 0 aliphatic carbocycles. The highest BCUT2D eigenvalue weighted by Crippen LogP contribution is 2.25. The molecule has 0 aliphatic heterocycles. The Bertz CT molecular complexity index is 771. The molecule has 0 atom stereocenters. The smallest absolute Gasteiger partial charge is 0.104 e. The lowest BCUT2D eigenvalue weighted by molar-refractivity contribution is 1.29. The zero-order valence-corrected chi connectivity index (χ0v) is 12.1. The summed E-state index contributed by atoms with van der Waals surface area (Å²) in [5.74, 6) is 0. The number of hydrogen-bond donors (Lipinski definition) is 1. The van der Waals surface area contributed by atoms with E-state index in [0.29, 0.717) is 0 Å². The minimum absolute atomic E-state index is 0.752. The summed E-state index contributed by atoms with van der Waals surface area (Å²) in [4.78, 5) is 3.27. The molecule has 3 rings (SSSR count). The molecule has 1 N–H and O–H groups in total. The first-order valence-corrected chi connectivity index (χ1v) is 7.00. The van der Waals surface area contributed by atoms with Crippen molar-refractivity contribution in [3.63, 3.8) is 0 Å². The zero-order valence-electron chi connectivity index (χ0n) is 11.3. The van der Waals surface area contributed by atoms with Gasteiger partial charge >= 0.3 is 0 Å². The summed E-state index contributed by atoms with van der Waals surface area (Å²) in [6.45, 7) is 2.09. The van der Waals surface area contributed by atoms with Crippen molar-refractivity contribution in [3.8, 4) is 22.4 Å². The van der Waals surface area contributed by atoms with Crippen molar-refractivity contribution in [2.24, 2.45) is 0 Å². The molecule has 3 aromatic rings. The van der Waals surface area contributed by atoms with E-state index in [2.05, 4.69) is 54.4 Å². The van der Waals surface area contributed by atoms with Crippen LogP contribution in [0.25, 0.3) is 22.4 Å². The van der Waals surface area contributed by atoms with Gasteiger partial charge in [0.2, 0.25) is 0 Å². The van der Waals surface area contributed by atoms with Crippen molar-refractivity contribution in [2.75, 3.05) is 0 Å². The minimum atomic E-state index is 0.752. The number of pyridine rings is 1. The van der Waals surface area contributed by atoms with E-state index in [0.717, 1.165) is 21.5 Å². The molecule has 2 aromatic carbocycles. The molecule has 0 amide bonds. The van der Waals surface area contributed by atoms with E-state index in [9.17, 15) is 0 Å². The van der Waals surface area contributed by atoms with E-state index in [-0.39, 0.29) is 0 Å². The van der Waals surface area contributed by atoms with E-state index in [1.165, 1.54) is 11.1 Å². The first kappa shape index (κ1) is 12.8. The van der Waals surface area contributed by atoms with E-state index in [1.807, 2.05) is 24.3 Å². The number of aryl methyl sites for hydroxylation is 1. The van der Waals surface area contributed by atoms with Gasteiger partial charge in [0.25, 0.3) is 0 Å². The molecule has 0 radical (unpaired) electrons. The van der Waals surface area contributed by atoms with Crippen LogP contribution in [0.3, 0.4) is 0 Å². The molecular weight excluding hydrogens is 262 g/mol. The molecule has 0 fully saturated rings. The van der Waals surface area contributed by atoms with Gasteiger partial charge in [-0.1, -0.05) is 72.4 Å². The van der Waals surface area contributed by atoms with Gasteiger partial charge in [0.1, 0.15) is 4.64 Å². The van der Waals surface area contributed by atoms with Crippen LogP contribution >= 0.6 is 12.2 Å². The second-order valence-corrected chi connectivity index (χ2v) is 5.32. The van der Waals surface area contributed by atoms with E-state index < -0.39 is 0 Å². The SMILES string of the molecule is Cc1ccc(-c2cc(-c3ccccc3)cc(=S)[nH]2)cc1. The van der Waals surface area contributed by atoms with Crippen LogP contribution in [0.5, 0.6) is 0 Å². The van der Waals surface area contributed by atoms with Gasteiger partial charge in [-0.05, 0) is 35.7 Å². The Hall–Kier alpha value is -2.19. The Morgan fingerprint density at radius 2 is 1.45 bits per heavy atom. The summed E-state index contributed by atoms with van der Waals surface area (Å²) >= 11 is 5.36. The van der Waals surface area contributed by atoms with Gasteiger partial charge in [0.15, 0.2) is 0 Å². The molecule has 2 heteroatoms. The van der Waals surface area contributed by atoms with Gasteiger partial charge in [-0.2, -0.15) is 0 Å². The van der Waals surface area contributed by atoms with Gasteiger partial charge in [-0.3, -0.25) is 0 Å². The largest absolute Gasteiger partial charge is 0.346 e. The fourth-order valence-electron chi connectivity index (χ4n) is 2.23. The third-order valence-corrected chi connectivity index (χ3v) is 3.53. The normalized spacial score (nSPS) is 10.4. The molecule has 0 bridgehead atoms. The van der Waals surface area contributed by atoms with Gasteiger partial charge in [-0.25, -0.2) is 0 Å². The Labute approximate surface area is 123 Å². The summed E-state index contributed by atoms with van der Waals surface area (Å²) < 4.78 is 0.752. The Balaban J connectivity index is 2.12. The minimum Gasteiger partial charge on any atom is -0.346 e. The van der Waals surface area contributed by atoms with Crippen molar-refractivity contribution >= 4 is 12.2 Å². The van der Waals surface area contributed by atoms with Gasteiger partial charge < -0.3 is 4.98 Å². The summed E-state index contributed by atoms with van der Waals surface area (Å²) in [6, 6.07) is 22.9. The Kier molecular flexibility index (Phi) is 3.48. The third kappa shape index (κ3) is 2.70. The fourth-order valence-corrected chi connectivity index (χ4v) is 2.47. The van der Waals surface area contributed by atoms with Crippen molar-refractivity contribution in [2.45, 2.75) is 6.92 Å². The summed E-state index contributed by atoms with van der Waals surface area (Å²) in [6.07, 6.45) is 0. The second kappa shape index (κ2) is 5.43. The van der Waals surface area contributed by atoms with Crippen LogP contribution in [-0.2, 0) is 0 Å². The van der Waals surface area contributed by atoms with Crippen LogP contribution in [0.1, 0.15) is 5.56 Å². The van der Waals surface area contributed by atoms with Gasteiger partial charge in [0.05, 0.1) is 0 Å². The first-order valence-electron chi connectivity index (χ1n) is 6.59. The zero-order chi connectivity index (χ0) is 13.9. The molecule has 1 heterocycles. The summed E-state index contributed by atoms with van der Waals surface area (Å²) in [5.41, 5.74) is 5.79. The van der Waals surface area contributed by atoms with Crippen molar-refractivity contribution in [1.82, 2.24) is 4.98 Å². The predicted octanol–water partition coefficient (Wildman–Crippen LogP) is 5.39. The standard InChI is InChI=1S/C18H15NS/c1-13-7-9-15(10-8-13)17-11-16(12-18(20)19-17)14-5-3-2-4-6-14/h2-12H,1H3,(H,19,20). The van der Waals surface area contributed by atoms with Crippen LogP contribution < -0.4 is 0 Å². The molecular formula is C18H15NS. The molecule has 98 valence electrons. The lowest BCUT2D eigenvalue weighted by atomic mass is 10.0. The lowest BCUT2D eigenvalue weighted by Gasteiger charge is -2.07. The quantitative estimate of drug-likeness (QED) is 0.621. The van der Waals surface area contributed by atoms with Crippen molar-refractivity contribution in [1.29, 1.82) is 0 Å². The van der Waals surface area contributed by atoms with Crippen molar-refractivity contribution in [3.05, 3.63) is 76.9 Å². The number of hydrogen-bond acceptors (Lipinski definition) is 1. The van der Waals surface area contributed by atoms with Crippen LogP contribution in [0.4, 0.5) is 0 Å². The lowest BCUT2D eigenvalue weighted by Crippen LogP contribution is -1.87. The monoisotopic (exact) mass is 277 g/mol. The first-order chi connectivity index (χ1) is 9.72. The molecule has 0 saturated carbocycles. The maximum absolute atomic E-state index is 5.36. The van der Waals surface area contributed by atoms with Crippen LogP contribution in [0, 0.1) is 11.6 Å². The number of H-pyrrole nitrogens is 1. The maximum Gasteiger partial charge on any atom is 0.104 e. The molecule has 0 saturated heterocycles. The third-order valence-electron chi connectivity index (χ3n) is 3.31. The fraction of sp³-hybridized carbons (Fsp3) is 0.0556. The van der Waals surface area contributed by atoms with E-state index in [4.69, 9.17) is 12.2 Å². The predicted molar refractivity (Wildman–Crippen MR) is 87.2 cm³/mol. The highest BCUT2D eigenvalue weighted by Gasteiger charge is 2.02. The van der Waals surface area contributed by atoms with Crippen LogP contribution in [0.15, 0.2) is 66.7 Å². The molecule has 0 aliphatic rings. The highest BCUT2D eigenvalue weighted by molar-refractivity contribution is 7.71. The summed E-state index contributed by atoms with van der Waals surface area (Å²) in [5, 5.41) is 0. The van der Waals surface area contributed by atoms with Gasteiger partial charge in [-0.15, -0.1) is 0 Å². The maximum atomic E-state index is 5.36. The number of benzene rings is 2. The second-order valence-electron chi connectivity index (χ2n) is 4.88. The number of aromatic nitrogens is 1. The number of rotatable bonds is 2. The molecule has 1 aromatic heterocycles. The van der Waals surface area contributed by atoms with Crippen molar-refractivity contribution < 1.29 is 0 Å².